The van der Waals surface area contributed by atoms with Crippen LogP contribution in [0, 0.1) is 6.92 Å². The molecule has 0 radical (unpaired) electrons. The highest BCUT2D eigenvalue weighted by atomic mass is 32.2. The van der Waals surface area contributed by atoms with E-state index in [-0.39, 0.29) is 35.2 Å². The van der Waals surface area contributed by atoms with Gasteiger partial charge in [0.25, 0.3) is 15.9 Å². The third-order valence-electron chi connectivity index (χ3n) is 5.07. The summed E-state index contributed by atoms with van der Waals surface area (Å²) in [5.74, 6) is -0.358. The van der Waals surface area contributed by atoms with Gasteiger partial charge in [-0.3, -0.25) is 14.1 Å². The number of nitrogens with zero attached hydrogens (tertiary/aromatic N) is 2. The van der Waals surface area contributed by atoms with Crippen molar-refractivity contribution in [3.05, 3.63) is 77.6 Å². The molecule has 0 bridgehead atoms. The molecule has 2 aromatic carbocycles. The van der Waals surface area contributed by atoms with Crippen molar-refractivity contribution in [1.29, 1.82) is 0 Å². The highest BCUT2D eigenvalue weighted by Gasteiger charge is 2.33. The van der Waals surface area contributed by atoms with E-state index in [1.54, 1.807) is 13.0 Å². The molecule has 0 atom stereocenters. The number of aryl methyl sites for hydroxylation is 1. The molecule has 11 heteroatoms. The molecule has 1 aliphatic heterocycles. The quantitative estimate of drug-likeness (QED) is 0.609. The third kappa shape index (κ3) is 4.49. The number of ether oxygens (including phenoxy) is 1. The van der Waals surface area contributed by atoms with Gasteiger partial charge in [0.1, 0.15) is 17.3 Å². The van der Waals surface area contributed by atoms with Crippen molar-refractivity contribution in [2.45, 2.75) is 18.0 Å². The highest BCUT2D eigenvalue weighted by Crippen LogP contribution is 2.36. The second-order valence-corrected chi connectivity index (χ2v) is 9.11. The molecular weight excluding hydrogens is 459 g/mol. The van der Waals surface area contributed by atoms with Gasteiger partial charge in [-0.1, -0.05) is 0 Å². The van der Waals surface area contributed by atoms with Crippen LogP contribution in [0.5, 0.6) is 5.75 Å². The summed E-state index contributed by atoms with van der Waals surface area (Å²) < 4.78 is 71.9. The maximum atomic E-state index is 13.4. The maximum Gasteiger partial charge on any atom is 0.416 e. The summed E-state index contributed by atoms with van der Waals surface area (Å²) in [5, 5.41) is 2.66. The Labute approximate surface area is 187 Å². The van der Waals surface area contributed by atoms with Gasteiger partial charge in [0.05, 0.1) is 17.8 Å². The second-order valence-electron chi connectivity index (χ2n) is 7.28. The van der Waals surface area contributed by atoms with Gasteiger partial charge in [-0.25, -0.2) is 8.42 Å². The number of alkyl halides is 3. The molecule has 0 spiro atoms. The van der Waals surface area contributed by atoms with Gasteiger partial charge in [-0.2, -0.15) is 13.2 Å². The number of carbonyl (C=O) groups is 1. The van der Waals surface area contributed by atoms with E-state index < -0.39 is 27.7 Å². The average Bonchev–Trinajstić information content (AvgIpc) is 2.89. The van der Waals surface area contributed by atoms with Crippen molar-refractivity contribution in [3.63, 3.8) is 0 Å². The normalized spacial score (nSPS) is 15.2. The Hall–Kier alpha value is -3.60. The number of sulfonamides is 1. The first-order chi connectivity index (χ1) is 15.6. The number of hydrogen-bond donors (Lipinski definition) is 1. The Morgan fingerprint density at radius 2 is 1.85 bits per heavy atom. The fourth-order valence-corrected chi connectivity index (χ4v) is 5.00. The largest absolute Gasteiger partial charge is 0.490 e. The van der Waals surface area contributed by atoms with Crippen LogP contribution < -0.4 is 14.4 Å². The fourth-order valence-electron chi connectivity index (χ4n) is 3.40. The molecule has 7 nitrogen and oxygen atoms in total. The lowest BCUT2D eigenvalue weighted by Gasteiger charge is -2.22. The summed E-state index contributed by atoms with van der Waals surface area (Å²) in [6.07, 6.45) is -1.53. The van der Waals surface area contributed by atoms with Crippen LogP contribution in [0.25, 0.3) is 0 Å². The molecule has 3 aromatic rings. The van der Waals surface area contributed by atoms with E-state index in [0.29, 0.717) is 11.1 Å². The Balaban J connectivity index is 1.67. The van der Waals surface area contributed by atoms with Crippen LogP contribution in [-0.2, 0) is 16.2 Å². The van der Waals surface area contributed by atoms with E-state index in [9.17, 15) is 26.4 Å². The van der Waals surface area contributed by atoms with Gasteiger partial charge < -0.3 is 10.1 Å². The zero-order chi connectivity index (χ0) is 23.8. The lowest BCUT2D eigenvalue weighted by Crippen LogP contribution is -2.32. The zero-order valence-electron chi connectivity index (χ0n) is 17.3. The van der Waals surface area contributed by atoms with E-state index in [0.717, 1.165) is 28.6 Å². The summed E-state index contributed by atoms with van der Waals surface area (Å²) in [4.78, 5) is 16.3. The molecule has 1 N–H and O–H groups in total. The SMILES string of the molecule is Cc1cnccc1C(=O)Nc1ccc2c(c1)S(=O)(=O)N(c1ccc(C(F)(F)F)cc1)CCO2. The number of hydrogen-bond acceptors (Lipinski definition) is 5. The molecule has 4 rings (SSSR count). The van der Waals surface area contributed by atoms with Crippen molar-refractivity contribution in [1.82, 2.24) is 4.98 Å². The van der Waals surface area contributed by atoms with Crippen molar-refractivity contribution >= 4 is 27.3 Å². The van der Waals surface area contributed by atoms with Gasteiger partial charge in [0.15, 0.2) is 0 Å². The first kappa shape index (κ1) is 22.6. The molecular formula is C22H18F3N3O4S. The highest BCUT2D eigenvalue weighted by molar-refractivity contribution is 7.93. The van der Waals surface area contributed by atoms with Crippen molar-refractivity contribution < 1.29 is 31.1 Å². The molecule has 2 heterocycles. The summed E-state index contributed by atoms with van der Waals surface area (Å²) in [7, 11) is -4.19. The molecule has 1 amide bonds. The lowest BCUT2D eigenvalue weighted by atomic mass is 10.1. The van der Waals surface area contributed by atoms with E-state index in [4.69, 9.17) is 4.74 Å². The van der Waals surface area contributed by atoms with Crippen molar-refractivity contribution in [2.24, 2.45) is 0 Å². The van der Waals surface area contributed by atoms with Crippen LogP contribution >= 0.6 is 0 Å². The van der Waals surface area contributed by atoms with Crippen LogP contribution in [0.1, 0.15) is 21.5 Å². The van der Waals surface area contributed by atoms with Gasteiger partial charge in [-0.15, -0.1) is 0 Å². The molecule has 1 aromatic heterocycles. The number of anilines is 2. The molecule has 0 saturated heterocycles. The van der Waals surface area contributed by atoms with Gasteiger partial charge >= 0.3 is 6.18 Å². The first-order valence-electron chi connectivity index (χ1n) is 9.76. The topological polar surface area (TPSA) is 88.6 Å². The maximum absolute atomic E-state index is 13.4. The molecule has 172 valence electrons. The number of rotatable bonds is 3. The van der Waals surface area contributed by atoms with Crippen LogP contribution in [0.15, 0.2) is 65.8 Å². The number of pyridine rings is 1. The fraction of sp³-hybridized carbons (Fsp3) is 0.182. The number of nitrogens with one attached hydrogen (secondary N) is 1. The molecule has 1 aliphatic rings. The van der Waals surface area contributed by atoms with Crippen LogP contribution in [-0.4, -0.2) is 32.5 Å². The number of fused-ring (bicyclic) bond motifs is 1. The van der Waals surface area contributed by atoms with Gasteiger partial charge in [-0.05, 0) is 61.0 Å². The summed E-state index contributed by atoms with van der Waals surface area (Å²) >= 11 is 0. The molecule has 33 heavy (non-hydrogen) atoms. The monoisotopic (exact) mass is 477 g/mol. The zero-order valence-corrected chi connectivity index (χ0v) is 18.1. The van der Waals surface area contributed by atoms with E-state index in [2.05, 4.69) is 10.3 Å². The van der Waals surface area contributed by atoms with Crippen LogP contribution in [0.3, 0.4) is 0 Å². The van der Waals surface area contributed by atoms with Crippen LogP contribution in [0.2, 0.25) is 0 Å². The van der Waals surface area contributed by atoms with Gasteiger partial charge in [0.2, 0.25) is 0 Å². The Morgan fingerprint density at radius 1 is 1.12 bits per heavy atom. The minimum Gasteiger partial charge on any atom is -0.490 e. The average molecular weight is 477 g/mol. The molecule has 0 aliphatic carbocycles. The Kier molecular flexibility index (Phi) is 5.75. The summed E-state index contributed by atoms with van der Waals surface area (Å²) in [5.41, 5.74) is 0.434. The van der Waals surface area contributed by atoms with Crippen LogP contribution in [0.4, 0.5) is 24.5 Å². The van der Waals surface area contributed by atoms with E-state index >= 15 is 0 Å². The van der Waals surface area contributed by atoms with E-state index in [1.165, 1.54) is 30.6 Å². The summed E-state index contributed by atoms with van der Waals surface area (Å²) in [6.45, 7) is 1.62. The minimum absolute atomic E-state index is 0.00479. The molecule has 0 saturated carbocycles. The van der Waals surface area contributed by atoms with E-state index in [1.807, 2.05) is 0 Å². The Morgan fingerprint density at radius 3 is 2.52 bits per heavy atom. The molecule has 0 fully saturated rings. The number of aromatic nitrogens is 1. The lowest BCUT2D eigenvalue weighted by molar-refractivity contribution is -0.137. The van der Waals surface area contributed by atoms with Gasteiger partial charge in [0, 0.05) is 23.6 Å². The van der Waals surface area contributed by atoms with Crippen molar-refractivity contribution in [2.75, 3.05) is 22.8 Å². The predicted octanol–water partition coefficient (Wildman–Crippen LogP) is 4.25. The summed E-state index contributed by atoms with van der Waals surface area (Å²) in [6, 6.07) is 9.60. The minimum atomic E-state index is -4.54. The van der Waals surface area contributed by atoms with Crippen molar-refractivity contribution in [3.8, 4) is 5.75 Å². The predicted molar refractivity (Wildman–Crippen MR) is 115 cm³/mol. The third-order valence-corrected chi connectivity index (χ3v) is 6.92. The standard InChI is InChI=1S/C22H18F3N3O4S/c1-14-13-26-9-8-18(14)21(29)27-16-4-7-19-20(12-16)33(30,31)28(10-11-32-19)17-5-2-15(3-6-17)22(23,24)25/h2-9,12-13H,10-11H2,1H3,(H,27,29). The first-order valence-corrected chi connectivity index (χ1v) is 11.2. The number of benzene rings is 2. The number of halogens is 3. The Bertz CT molecular complexity index is 1310. The number of carbonyl (C=O) groups excluding carboxylic acids is 1. The smallest absolute Gasteiger partial charge is 0.416 e. The number of amides is 1. The second kappa shape index (κ2) is 8.39. The molecule has 0 unspecified atom stereocenters.